The normalized spacial score (nSPS) is 16.4. The number of nitrogens with two attached hydrogens (primary N) is 1. The lowest BCUT2D eigenvalue weighted by molar-refractivity contribution is 0.585. The molecule has 0 aliphatic carbocycles. The number of aromatic nitrogens is 1. The Labute approximate surface area is 94.5 Å². The zero-order valence-corrected chi connectivity index (χ0v) is 9.26. The van der Waals surface area contributed by atoms with Gasteiger partial charge in [-0.2, -0.15) is 0 Å². The van der Waals surface area contributed by atoms with Crippen LogP contribution >= 0.6 is 12.2 Å². The maximum Gasteiger partial charge on any atom is 0.128 e. The van der Waals surface area contributed by atoms with Gasteiger partial charge in [0.05, 0.1) is 0 Å². The van der Waals surface area contributed by atoms with Gasteiger partial charge in [-0.1, -0.05) is 12.2 Å². The van der Waals surface area contributed by atoms with Crippen molar-refractivity contribution in [2.45, 2.75) is 0 Å². The van der Waals surface area contributed by atoms with Gasteiger partial charge in [0, 0.05) is 37.9 Å². The first-order valence-corrected chi connectivity index (χ1v) is 5.40. The summed E-state index contributed by atoms with van der Waals surface area (Å²) in [7, 11) is 0. The highest BCUT2D eigenvalue weighted by atomic mass is 32.1. The van der Waals surface area contributed by atoms with Crippen LogP contribution in [0.2, 0.25) is 0 Å². The molecule has 0 spiro atoms. The largest absolute Gasteiger partial charge is 0.389 e. The molecule has 1 fully saturated rings. The fraction of sp³-hybridized carbons (Fsp3) is 0.400. The molecule has 80 valence electrons. The van der Waals surface area contributed by atoms with Gasteiger partial charge in [0.2, 0.25) is 0 Å². The Morgan fingerprint density at radius 3 is 2.67 bits per heavy atom. The molecule has 15 heavy (non-hydrogen) atoms. The van der Waals surface area contributed by atoms with Gasteiger partial charge in [-0.25, -0.2) is 4.98 Å². The topological polar surface area (TPSA) is 54.2 Å². The zero-order valence-electron chi connectivity index (χ0n) is 8.44. The van der Waals surface area contributed by atoms with Gasteiger partial charge < -0.3 is 16.0 Å². The summed E-state index contributed by atoms with van der Waals surface area (Å²) in [5.41, 5.74) is 6.33. The van der Waals surface area contributed by atoms with Crippen molar-refractivity contribution < 1.29 is 0 Å². The average Bonchev–Trinajstić information content (AvgIpc) is 2.30. The average molecular weight is 222 g/mol. The van der Waals surface area contributed by atoms with Crippen molar-refractivity contribution in [1.82, 2.24) is 10.3 Å². The van der Waals surface area contributed by atoms with Crippen LogP contribution in [0.25, 0.3) is 0 Å². The first kappa shape index (κ1) is 10.3. The summed E-state index contributed by atoms with van der Waals surface area (Å²) in [6.07, 6.45) is 1.74. The SMILES string of the molecule is NC(=S)c1ccc(N2CCNCC2)nc1. The molecule has 1 aliphatic heterocycles. The Morgan fingerprint density at radius 2 is 2.13 bits per heavy atom. The van der Waals surface area contributed by atoms with E-state index in [1.807, 2.05) is 12.1 Å². The first-order chi connectivity index (χ1) is 7.27. The van der Waals surface area contributed by atoms with E-state index in [2.05, 4.69) is 15.2 Å². The Morgan fingerprint density at radius 1 is 1.40 bits per heavy atom. The van der Waals surface area contributed by atoms with Gasteiger partial charge in [-0.15, -0.1) is 0 Å². The summed E-state index contributed by atoms with van der Waals surface area (Å²) in [5.74, 6) is 0.997. The van der Waals surface area contributed by atoms with Crippen LogP contribution in [0.15, 0.2) is 18.3 Å². The molecule has 5 heteroatoms. The van der Waals surface area contributed by atoms with E-state index in [-0.39, 0.29) is 0 Å². The Kier molecular flexibility index (Phi) is 3.13. The minimum absolute atomic E-state index is 0.398. The highest BCUT2D eigenvalue weighted by Gasteiger charge is 2.11. The van der Waals surface area contributed by atoms with Crippen molar-refractivity contribution in [1.29, 1.82) is 0 Å². The highest BCUT2D eigenvalue weighted by Crippen LogP contribution is 2.11. The van der Waals surface area contributed by atoms with E-state index in [0.29, 0.717) is 4.99 Å². The quantitative estimate of drug-likeness (QED) is 0.696. The molecular weight excluding hydrogens is 208 g/mol. The Hall–Kier alpha value is -1.20. The zero-order chi connectivity index (χ0) is 10.7. The van der Waals surface area contributed by atoms with Gasteiger partial charge >= 0.3 is 0 Å². The summed E-state index contributed by atoms with van der Waals surface area (Å²) >= 11 is 4.88. The van der Waals surface area contributed by atoms with Crippen LogP contribution in [0.1, 0.15) is 5.56 Å². The van der Waals surface area contributed by atoms with Crippen LogP contribution in [0.5, 0.6) is 0 Å². The Bertz CT molecular complexity index is 343. The summed E-state index contributed by atoms with van der Waals surface area (Å²) in [6, 6.07) is 3.90. The van der Waals surface area contributed by atoms with Crippen molar-refractivity contribution in [3.05, 3.63) is 23.9 Å². The summed E-state index contributed by atoms with van der Waals surface area (Å²) in [6.45, 7) is 4.02. The molecule has 0 bridgehead atoms. The van der Waals surface area contributed by atoms with E-state index >= 15 is 0 Å². The molecule has 0 unspecified atom stereocenters. The van der Waals surface area contributed by atoms with Gasteiger partial charge in [0.15, 0.2) is 0 Å². The molecule has 1 aliphatic rings. The van der Waals surface area contributed by atoms with Crippen LogP contribution in [0.3, 0.4) is 0 Å². The number of anilines is 1. The van der Waals surface area contributed by atoms with E-state index in [1.165, 1.54) is 0 Å². The molecule has 1 saturated heterocycles. The number of thiocarbonyl (C=S) groups is 1. The molecule has 1 aromatic rings. The lowest BCUT2D eigenvalue weighted by Crippen LogP contribution is -2.43. The fourth-order valence-electron chi connectivity index (χ4n) is 1.61. The second-order valence-electron chi connectivity index (χ2n) is 3.51. The Balaban J connectivity index is 2.11. The van der Waals surface area contributed by atoms with Crippen molar-refractivity contribution in [2.75, 3.05) is 31.1 Å². The lowest BCUT2D eigenvalue weighted by atomic mass is 10.2. The van der Waals surface area contributed by atoms with Crippen molar-refractivity contribution in [3.8, 4) is 0 Å². The molecule has 2 heterocycles. The smallest absolute Gasteiger partial charge is 0.128 e. The standard InChI is InChI=1S/C10H14N4S/c11-10(15)8-1-2-9(13-7-8)14-5-3-12-4-6-14/h1-2,7,12H,3-6H2,(H2,11,15). The second-order valence-corrected chi connectivity index (χ2v) is 3.95. The van der Waals surface area contributed by atoms with Crippen LogP contribution < -0.4 is 16.0 Å². The number of rotatable bonds is 2. The number of hydrogen-bond acceptors (Lipinski definition) is 4. The maximum absolute atomic E-state index is 5.51. The van der Waals surface area contributed by atoms with Gasteiger partial charge in [0.1, 0.15) is 10.8 Å². The predicted molar refractivity (Wildman–Crippen MR) is 65.2 cm³/mol. The molecular formula is C10H14N4S. The molecule has 0 amide bonds. The molecule has 0 saturated carbocycles. The number of nitrogens with zero attached hydrogens (tertiary/aromatic N) is 2. The third-order valence-electron chi connectivity index (χ3n) is 2.47. The molecule has 0 radical (unpaired) electrons. The molecule has 2 rings (SSSR count). The van der Waals surface area contributed by atoms with Gasteiger partial charge in [0.25, 0.3) is 0 Å². The van der Waals surface area contributed by atoms with Gasteiger partial charge in [-0.05, 0) is 12.1 Å². The number of nitrogens with one attached hydrogen (secondary N) is 1. The van der Waals surface area contributed by atoms with E-state index in [9.17, 15) is 0 Å². The fourth-order valence-corrected chi connectivity index (χ4v) is 1.73. The van der Waals surface area contributed by atoms with Crippen LogP contribution in [0, 0.1) is 0 Å². The van der Waals surface area contributed by atoms with Crippen LogP contribution in [-0.2, 0) is 0 Å². The van der Waals surface area contributed by atoms with E-state index < -0.39 is 0 Å². The number of piperazine rings is 1. The summed E-state index contributed by atoms with van der Waals surface area (Å²) in [4.78, 5) is 7.00. The van der Waals surface area contributed by atoms with Crippen molar-refractivity contribution >= 4 is 23.0 Å². The summed E-state index contributed by atoms with van der Waals surface area (Å²) in [5, 5.41) is 3.30. The second kappa shape index (κ2) is 4.55. The van der Waals surface area contributed by atoms with Crippen LogP contribution in [-0.4, -0.2) is 36.2 Å². The molecule has 3 N–H and O–H groups in total. The van der Waals surface area contributed by atoms with E-state index in [1.54, 1.807) is 6.20 Å². The lowest BCUT2D eigenvalue weighted by Gasteiger charge is -2.28. The van der Waals surface area contributed by atoms with E-state index in [0.717, 1.165) is 37.6 Å². The summed E-state index contributed by atoms with van der Waals surface area (Å²) < 4.78 is 0. The minimum Gasteiger partial charge on any atom is -0.389 e. The van der Waals surface area contributed by atoms with Crippen LogP contribution in [0.4, 0.5) is 5.82 Å². The maximum atomic E-state index is 5.51. The van der Waals surface area contributed by atoms with Crippen molar-refractivity contribution in [3.63, 3.8) is 0 Å². The predicted octanol–water partition coefficient (Wildman–Crippen LogP) is 0.125. The number of pyridine rings is 1. The molecule has 0 atom stereocenters. The molecule has 4 nitrogen and oxygen atoms in total. The molecule has 0 aromatic carbocycles. The molecule has 1 aromatic heterocycles. The van der Waals surface area contributed by atoms with E-state index in [4.69, 9.17) is 18.0 Å². The number of hydrogen-bond donors (Lipinski definition) is 2. The van der Waals surface area contributed by atoms with Crippen molar-refractivity contribution in [2.24, 2.45) is 5.73 Å². The van der Waals surface area contributed by atoms with Gasteiger partial charge in [-0.3, -0.25) is 0 Å². The third-order valence-corrected chi connectivity index (χ3v) is 2.71. The third kappa shape index (κ3) is 2.43. The monoisotopic (exact) mass is 222 g/mol. The minimum atomic E-state index is 0.398. The first-order valence-electron chi connectivity index (χ1n) is 4.99. The highest BCUT2D eigenvalue weighted by molar-refractivity contribution is 7.80.